The van der Waals surface area contributed by atoms with Gasteiger partial charge in [0, 0.05) is 54.7 Å². The number of imidazole rings is 1. The summed E-state index contributed by atoms with van der Waals surface area (Å²) in [5, 5.41) is 15.7. The van der Waals surface area contributed by atoms with Crippen molar-refractivity contribution < 1.29 is 27.0 Å². The lowest BCUT2D eigenvalue weighted by Crippen LogP contribution is -2.48. The van der Waals surface area contributed by atoms with Gasteiger partial charge in [0.15, 0.2) is 5.82 Å². The highest BCUT2D eigenvalue weighted by Crippen LogP contribution is 2.31. The third-order valence-electron chi connectivity index (χ3n) is 8.81. The molecule has 0 radical (unpaired) electrons. The summed E-state index contributed by atoms with van der Waals surface area (Å²) in [5.74, 6) is -0.389. The zero-order chi connectivity index (χ0) is 33.5. The molecule has 2 saturated heterocycles. The van der Waals surface area contributed by atoms with E-state index in [1.165, 1.54) is 6.07 Å². The van der Waals surface area contributed by atoms with Crippen LogP contribution in [0.5, 0.6) is 5.88 Å². The van der Waals surface area contributed by atoms with Crippen LogP contribution in [0.25, 0.3) is 22.6 Å². The fraction of sp³-hybridized carbons (Fsp3) is 0.375. The number of rotatable bonds is 9. The van der Waals surface area contributed by atoms with Crippen molar-refractivity contribution in [3.63, 3.8) is 0 Å². The predicted octanol–water partition coefficient (Wildman–Crippen LogP) is 3.76. The molecule has 16 heteroatoms. The van der Waals surface area contributed by atoms with Gasteiger partial charge in [0.1, 0.15) is 23.4 Å². The second kappa shape index (κ2) is 12.7. The van der Waals surface area contributed by atoms with Gasteiger partial charge in [-0.15, -0.1) is 10.2 Å². The predicted molar refractivity (Wildman–Crippen MR) is 168 cm³/mol. The van der Waals surface area contributed by atoms with Crippen molar-refractivity contribution in [3.05, 3.63) is 82.9 Å². The number of fused-ring (bicyclic) bond motifs is 1. The van der Waals surface area contributed by atoms with Crippen molar-refractivity contribution in [1.29, 1.82) is 5.26 Å². The number of nitriles is 1. The molecule has 7 rings (SSSR count). The monoisotopic (exact) mass is 677 g/mol. The molecule has 2 aliphatic rings. The summed E-state index contributed by atoms with van der Waals surface area (Å²) in [6, 6.07) is 13.5. The third kappa shape index (κ3) is 6.79. The van der Waals surface area contributed by atoms with Gasteiger partial charge in [-0.05, 0) is 49.1 Å². The maximum atomic E-state index is 14.4. The van der Waals surface area contributed by atoms with Gasteiger partial charge in [0.2, 0.25) is 11.7 Å². The van der Waals surface area contributed by atoms with Gasteiger partial charge in [-0.25, -0.2) is 14.4 Å². The van der Waals surface area contributed by atoms with E-state index < -0.39 is 17.8 Å². The number of piperidine rings is 1. The van der Waals surface area contributed by atoms with Crippen LogP contribution in [-0.4, -0.2) is 80.9 Å². The first-order chi connectivity index (χ1) is 23.0. The number of hydrogen-bond donors (Lipinski definition) is 1. The van der Waals surface area contributed by atoms with E-state index in [0.29, 0.717) is 35.7 Å². The minimum Gasteiger partial charge on any atom is -0.474 e. The van der Waals surface area contributed by atoms with Gasteiger partial charge in [-0.1, -0.05) is 12.1 Å². The van der Waals surface area contributed by atoms with Crippen LogP contribution in [0.4, 0.5) is 17.6 Å². The van der Waals surface area contributed by atoms with Crippen molar-refractivity contribution >= 4 is 21.3 Å². The van der Waals surface area contributed by atoms with Crippen LogP contribution in [0.3, 0.4) is 0 Å². The molecule has 0 bridgehead atoms. The highest BCUT2D eigenvalue weighted by Gasteiger charge is 2.36. The maximum absolute atomic E-state index is 14.4. The molecule has 1 aromatic carbocycles. The lowest BCUT2D eigenvalue weighted by Gasteiger charge is -2.40. The van der Waals surface area contributed by atoms with Gasteiger partial charge in [0.05, 0.1) is 40.6 Å². The number of likely N-dealkylation sites (tertiary alicyclic amines) is 1. The molecule has 0 unspecified atom stereocenters. The van der Waals surface area contributed by atoms with E-state index in [-0.39, 0.29) is 34.8 Å². The fourth-order valence-corrected chi connectivity index (χ4v) is 6.77. The van der Waals surface area contributed by atoms with Crippen LogP contribution in [0.2, 0.25) is 0 Å². The average Bonchev–Trinajstić information content (AvgIpc) is 3.68. The Morgan fingerprint density at radius 3 is 2.62 bits per heavy atom. The number of benzene rings is 1. The second-order valence-corrected chi connectivity index (χ2v) is 14.2. The van der Waals surface area contributed by atoms with Crippen molar-refractivity contribution in [2.24, 2.45) is 0 Å². The number of hydrogen-bond acceptors (Lipinski definition) is 9. The standard InChI is InChI=1S/C32H31F4N9O2Si/c33-23-12-19(15-37)4-5-20(23)13-21-2-1-3-28(39-21)47-22-6-9-44(10-7-22)17-27-40-24-14-25(29-41-30(43-42-29)32(34,35)36)38-16-26(24)45(27)18-31(48)8-11-46-31/h1-5,12,14,16,22H,6-11,13,17-18H2,48H3,(H,41,42,43)/t31-/m1/s1. The normalized spacial score (nSPS) is 19.0. The Labute approximate surface area is 275 Å². The number of pyridine rings is 2. The molecule has 5 aromatic rings. The second-order valence-electron chi connectivity index (χ2n) is 12.4. The molecule has 1 N–H and O–H groups in total. The molecule has 11 nitrogen and oxygen atoms in total. The summed E-state index contributed by atoms with van der Waals surface area (Å²) in [5.41, 5.74) is 3.00. The summed E-state index contributed by atoms with van der Waals surface area (Å²) >= 11 is 0. The number of H-pyrrole nitrogens is 1. The molecule has 2 aliphatic heterocycles. The summed E-state index contributed by atoms with van der Waals surface area (Å²) in [7, 11) is 0.833. The van der Waals surface area contributed by atoms with Gasteiger partial charge in [-0.2, -0.15) is 18.4 Å². The van der Waals surface area contributed by atoms with Gasteiger partial charge in [-0.3, -0.25) is 9.88 Å². The lowest BCUT2D eigenvalue weighted by molar-refractivity contribution is -0.144. The van der Waals surface area contributed by atoms with Crippen molar-refractivity contribution in [1.82, 2.24) is 39.6 Å². The molecule has 4 aromatic heterocycles. The molecule has 6 heterocycles. The summed E-state index contributed by atoms with van der Waals surface area (Å²) in [6.45, 7) is 3.43. The maximum Gasteiger partial charge on any atom is 0.451 e. The molecule has 0 spiro atoms. The van der Waals surface area contributed by atoms with Gasteiger partial charge >= 0.3 is 6.18 Å². The summed E-state index contributed by atoms with van der Waals surface area (Å²) < 4.78 is 68.0. The quantitative estimate of drug-likeness (QED) is 0.183. The zero-order valence-electron chi connectivity index (χ0n) is 26.0. The molecule has 0 saturated carbocycles. The van der Waals surface area contributed by atoms with E-state index in [0.717, 1.165) is 60.5 Å². The van der Waals surface area contributed by atoms with Gasteiger partial charge < -0.3 is 19.0 Å². The topological polar surface area (TPSA) is 131 Å². The first-order valence-corrected chi connectivity index (χ1v) is 16.6. The molecule has 0 aliphatic carbocycles. The highest BCUT2D eigenvalue weighted by molar-refractivity contribution is 6.15. The van der Waals surface area contributed by atoms with E-state index in [4.69, 9.17) is 19.7 Å². The van der Waals surface area contributed by atoms with E-state index in [1.807, 2.05) is 18.2 Å². The number of aromatic nitrogens is 7. The molecule has 1 atom stereocenters. The Kier molecular flexibility index (Phi) is 8.44. The largest absolute Gasteiger partial charge is 0.474 e. The minimum absolute atomic E-state index is 0.0435. The molecular weight excluding hydrogens is 646 g/mol. The SMILES string of the molecule is N#Cc1ccc(Cc2cccc(OC3CCN(Cc4nc5cc(-c6nnc(C(F)(F)F)[nH]6)ncc5n4C[C@]4([SiH3])CCO4)CC3)n2)c(F)c1. The van der Waals surface area contributed by atoms with Crippen LogP contribution in [0.1, 0.15) is 47.7 Å². The Bertz CT molecular complexity index is 2000. The van der Waals surface area contributed by atoms with Crippen LogP contribution < -0.4 is 4.74 Å². The Morgan fingerprint density at radius 1 is 1.12 bits per heavy atom. The van der Waals surface area contributed by atoms with Gasteiger partial charge in [0.25, 0.3) is 0 Å². The minimum atomic E-state index is -4.64. The van der Waals surface area contributed by atoms with E-state index in [2.05, 4.69) is 34.6 Å². The van der Waals surface area contributed by atoms with Crippen LogP contribution in [0, 0.1) is 17.1 Å². The Morgan fingerprint density at radius 2 is 1.94 bits per heavy atom. The smallest absolute Gasteiger partial charge is 0.451 e. The number of alkyl halides is 3. The zero-order valence-corrected chi connectivity index (χ0v) is 28.0. The van der Waals surface area contributed by atoms with E-state index in [9.17, 15) is 17.6 Å². The lowest BCUT2D eigenvalue weighted by atomic mass is 10.1. The van der Waals surface area contributed by atoms with E-state index in [1.54, 1.807) is 30.5 Å². The highest BCUT2D eigenvalue weighted by atomic mass is 28.1. The third-order valence-corrected chi connectivity index (χ3v) is 9.91. The number of ether oxygens (including phenoxy) is 2. The van der Waals surface area contributed by atoms with Crippen molar-refractivity contribution in [2.45, 2.75) is 56.3 Å². The van der Waals surface area contributed by atoms with Crippen LogP contribution >= 0.6 is 0 Å². The molecule has 2 fully saturated rings. The van der Waals surface area contributed by atoms with Crippen molar-refractivity contribution in [2.75, 3.05) is 19.7 Å². The number of nitrogens with zero attached hydrogens (tertiary/aromatic N) is 8. The Hall–Kier alpha value is -4.72. The first kappa shape index (κ1) is 31.9. The first-order valence-electron chi connectivity index (χ1n) is 15.6. The summed E-state index contributed by atoms with van der Waals surface area (Å²) in [4.78, 5) is 18.4. The average molecular weight is 678 g/mol. The number of nitrogens with one attached hydrogen (secondary N) is 1. The van der Waals surface area contributed by atoms with E-state index >= 15 is 0 Å². The number of halogens is 4. The number of aromatic amines is 1. The van der Waals surface area contributed by atoms with Crippen LogP contribution in [0.15, 0.2) is 48.7 Å². The Balaban J connectivity index is 1.03. The van der Waals surface area contributed by atoms with Crippen LogP contribution in [-0.2, 0) is 30.4 Å². The molecule has 248 valence electrons. The molecule has 0 amide bonds. The molecular formula is C32H31F4N9O2Si. The fourth-order valence-electron chi connectivity index (χ4n) is 6.05. The summed E-state index contributed by atoms with van der Waals surface area (Å²) in [6.07, 6.45) is -0.284. The van der Waals surface area contributed by atoms with Crippen molar-refractivity contribution in [3.8, 4) is 23.5 Å². The molecule has 48 heavy (non-hydrogen) atoms.